The molecular weight excluding hydrogens is 376 g/mol. The maximum absolute atomic E-state index is 12.9. The lowest BCUT2D eigenvalue weighted by Crippen LogP contribution is -2.57. The molecule has 2 aliphatic heterocycles. The number of fused-ring (bicyclic) bond motifs is 2. The number of nitrogens with zero attached hydrogens (tertiary/aromatic N) is 1. The van der Waals surface area contributed by atoms with Crippen LogP contribution in [-0.2, 0) is 22.5 Å². The number of ether oxygens (including phenoxy) is 2. The minimum atomic E-state index is -2.87. The molecule has 2 unspecified atom stereocenters. The number of carbonyl (C=O) groups excluding carboxylic acids is 1. The highest BCUT2D eigenvalue weighted by Crippen LogP contribution is 2.34. The Bertz CT molecular complexity index is 816. The van der Waals surface area contributed by atoms with Gasteiger partial charge in [0.2, 0.25) is 0 Å². The van der Waals surface area contributed by atoms with E-state index in [4.69, 9.17) is 4.74 Å². The Morgan fingerprint density at radius 3 is 2.41 bits per heavy atom. The molecule has 2 atom stereocenters. The monoisotopic (exact) mass is 401 g/mol. The minimum absolute atomic E-state index is 0.0272. The van der Waals surface area contributed by atoms with E-state index in [2.05, 4.69) is 21.8 Å². The molecule has 0 spiro atoms. The van der Waals surface area contributed by atoms with E-state index in [-0.39, 0.29) is 36.0 Å². The molecule has 6 heteroatoms. The van der Waals surface area contributed by atoms with Crippen molar-refractivity contribution in [3.8, 4) is 5.75 Å². The molecule has 4 rings (SSSR count). The highest BCUT2D eigenvalue weighted by atomic mass is 19.3. The third kappa shape index (κ3) is 5.00. The van der Waals surface area contributed by atoms with Crippen LogP contribution >= 0.6 is 0 Å². The summed E-state index contributed by atoms with van der Waals surface area (Å²) in [6, 6.07) is 17.2. The third-order valence-electron chi connectivity index (χ3n) is 5.84. The molecule has 2 fully saturated rings. The van der Waals surface area contributed by atoms with Crippen LogP contribution in [0.4, 0.5) is 8.78 Å². The van der Waals surface area contributed by atoms with Gasteiger partial charge in [0.05, 0.1) is 13.2 Å². The fraction of sp³-hybridized carbons (Fsp3) is 0.435. The van der Waals surface area contributed by atoms with Crippen LogP contribution in [-0.4, -0.2) is 42.6 Å². The summed E-state index contributed by atoms with van der Waals surface area (Å²) in [5.41, 5.74) is 1.98. The molecule has 2 aromatic rings. The smallest absolute Gasteiger partial charge is 0.387 e. The molecule has 154 valence electrons. The molecule has 2 saturated heterocycles. The first kappa shape index (κ1) is 20.0. The van der Waals surface area contributed by atoms with Gasteiger partial charge in [-0.15, -0.1) is 0 Å². The molecular formula is C23H25F2NO3. The highest BCUT2D eigenvalue weighted by molar-refractivity contribution is 5.83. The summed E-state index contributed by atoms with van der Waals surface area (Å²) in [7, 11) is 0. The standard InChI is InChI=1S/C23H25F2NO3/c24-23(25)29-21-8-4-7-17(9-21)10-22(27)18-11-19-14-28-15-20(12-18)26(19)13-16-5-2-1-3-6-16/h1-9,18-20,23H,10-15H2. The Labute approximate surface area is 169 Å². The fourth-order valence-electron chi connectivity index (χ4n) is 4.48. The number of Topliss-reactive ketones (excluding diaryl/α,β-unsaturated/α-hetero) is 1. The van der Waals surface area contributed by atoms with E-state index in [1.165, 1.54) is 17.7 Å². The zero-order chi connectivity index (χ0) is 20.2. The number of halogens is 2. The van der Waals surface area contributed by atoms with E-state index < -0.39 is 6.61 Å². The van der Waals surface area contributed by atoms with Crippen molar-refractivity contribution in [1.82, 2.24) is 4.90 Å². The number of carbonyl (C=O) groups is 1. The van der Waals surface area contributed by atoms with E-state index in [9.17, 15) is 13.6 Å². The molecule has 0 amide bonds. The summed E-state index contributed by atoms with van der Waals surface area (Å²) in [5, 5.41) is 0. The second kappa shape index (κ2) is 9.01. The van der Waals surface area contributed by atoms with Crippen molar-refractivity contribution < 1.29 is 23.0 Å². The van der Waals surface area contributed by atoms with Crippen LogP contribution in [0, 0.1) is 5.92 Å². The molecule has 2 heterocycles. The summed E-state index contributed by atoms with van der Waals surface area (Å²) in [6.07, 6.45) is 1.79. The number of ketones is 1. The molecule has 2 aliphatic rings. The van der Waals surface area contributed by atoms with Gasteiger partial charge in [-0.3, -0.25) is 9.69 Å². The molecule has 2 aromatic carbocycles. The fourth-order valence-corrected chi connectivity index (χ4v) is 4.48. The normalized spacial score (nSPS) is 24.4. The average Bonchev–Trinajstić information content (AvgIpc) is 2.68. The lowest BCUT2D eigenvalue weighted by Gasteiger charge is -2.48. The first-order valence-corrected chi connectivity index (χ1v) is 10.0. The van der Waals surface area contributed by atoms with Crippen LogP contribution in [0.25, 0.3) is 0 Å². The number of rotatable bonds is 7. The van der Waals surface area contributed by atoms with Gasteiger partial charge in [-0.05, 0) is 36.1 Å². The summed E-state index contributed by atoms with van der Waals surface area (Å²) in [5.74, 6) is 0.226. The van der Waals surface area contributed by atoms with Gasteiger partial charge in [0, 0.05) is 31.0 Å². The Balaban J connectivity index is 1.40. The first-order chi connectivity index (χ1) is 14.1. The zero-order valence-electron chi connectivity index (χ0n) is 16.2. The summed E-state index contributed by atoms with van der Waals surface area (Å²) in [6.45, 7) is -0.711. The molecule has 0 N–H and O–H groups in total. The van der Waals surface area contributed by atoms with Crippen LogP contribution in [0.15, 0.2) is 54.6 Å². The van der Waals surface area contributed by atoms with Gasteiger partial charge in [0.15, 0.2) is 0 Å². The molecule has 0 saturated carbocycles. The third-order valence-corrected chi connectivity index (χ3v) is 5.84. The molecule has 4 nitrogen and oxygen atoms in total. The predicted octanol–water partition coefficient (Wildman–Crippen LogP) is 4.08. The Morgan fingerprint density at radius 1 is 1.03 bits per heavy atom. The maximum Gasteiger partial charge on any atom is 0.387 e. The zero-order valence-corrected chi connectivity index (χ0v) is 16.2. The van der Waals surface area contributed by atoms with E-state index in [1.54, 1.807) is 12.1 Å². The summed E-state index contributed by atoms with van der Waals surface area (Å²) < 4.78 is 35.1. The lowest BCUT2D eigenvalue weighted by atomic mass is 9.80. The van der Waals surface area contributed by atoms with Crippen molar-refractivity contribution >= 4 is 5.78 Å². The van der Waals surface area contributed by atoms with Gasteiger partial charge >= 0.3 is 6.61 Å². The largest absolute Gasteiger partial charge is 0.435 e. The quantitative estimate of drug-likeness (QED) is 0.701. The molecule has 0 radical (unpaired) electrons. The number of hydrogen-bond acceptors (Lipinski definition) is 4. The highest BCUT2D eigenvalue weighted by Gasteiger charge is 2.41. The van der Waals surface area contributed by atoms with Crippen molar-refractivity contribution in [1.29, 1.82) is 0 Å². The number of benzene rings is 2. The summed E-state index contributed by atoms with van der Waals surface area (Å²) in [4.78, 5) is 15.4. The first-order valence-electron chi connectivity index (χ1n) is 10.0. The maximum atomic E-state index is 12.9. The number of piperidine rings is 1. The summed E-state index contributed by atoms with van der Waals surface area (Å²) >= 11 is 0. The van der Waals surface area contributed by atoms with Crippen molar-refractivity contribution in [2.24, 2.45) is 5.92 Å². The second-order valence-electron chi connectivity index (χ2n) is 7.84. The Morgan fingerprint density at radius 2 is 1.72 bits per heavy atom. The van der Waals surface area contributed by atoms with E-state index in [1.807, 2.05) is 18.2 Å². The Kier molecular flexibility index (Phi) is 6.21. The van der Waals surface area contributed by atoms with Crippen LogP contribution in [0.3, 0.4) is 0 Å². The van der Waals surface area contributed by atoms with Crippen LogP contribution in [0.1, 0.15) is 24.0 Å². The number of alkyl halides is 2. The number of hydrogen-bond donors (Lipinski definition) is 0. The second-order valence-corrected chi connectivity index (χ2v) is 7.84. The van der Waals surface area contributed by atoms with E-state index in [0.717, 1.165) is 19.4 Å². The molecule has 29 heavy (non-hydrogen) atoms. The van der Waals surface area contributed by atoms with Crippen molar-refractivity contribution in [3.05, 3.63) is 65.7 Å². The van der Waals surface area contributed by atoms with Crippen LogP contribution < -0.4 is 4.74 Å². The lowest BCUT2D eigenvalue weighted by molar-refractivity contribution is -0.133. The van der Waals surface area contributed by atoms with E-state index >= 15 is 0 Å². The minimum Gasteiger partial charge on any atom is -0.435 e. The van der Waals surface area contributed by atoms with Gasteiger partial charge in [0.1, 0.15) is 11.5 Å². The van der Waals surface area contributed by atoms with Crippen molar-refractivity contribution in [2.75, 3.05) is 13.2 Å². The van der Waals surface area contributed by atoms with Gasteiger partial charge in [-0.25, -0.2) is 0 Å². The Hall–Kier alpha value is -2.31. The predicted molar refractivity (Wildman–Crippen MR) is 105 cm³/mol. The van der Waals surface area contributed by atoms with Gasteiger partial charge < -0.3 is 9.47 Å². The van der Waals surface area contributed by atoms with Crippen molar-refractivity contribution in [2.45, 2.75) is 44.5 Å². The van der Waals surface area contributed by atoms with Crippen LogP contribution in [0.2, 0.25) is 0 Å². The molecule has 0 aliphatic carbocycles. The SMILES string of the molecule is O=C(Cc1cccc(OC(F)F)c1)C1CC2COCC(C1)N2Cc1ccccc1. The number of morpholine rings is 1. The van der Waals surface area contributed by atoms with Crippen molar-refractivity contribution in [3.63, 3.8) is 0 Å². The van der Waals surface area contributed by atoms with E-state index in [0.29, 0.717) is 18.8 Å². The molecule has 0 aromatic heterocycles. The molecule has 2 bridgehead atoms. The van der Waals surface area contributed by atoms with Gasteiger partial charge in [-0.1, -0.05) is 42.5 Å². The van der Waals surface area contributed by atoms with Gasteiger partial charge in [-0.2, -0.15) is 8.78 Å². The average molecular weight is 401 g/mol. The van der Waals surface area contributed by atoms with Gasteiger partial charge in [0.25, 0.3) is 0 Å². The van der Waals surface area contributed by atoms with Crippen LogP contribution in [0.5, 0.6) is 5.75 Å². The topological polar surface area (TPSA) is 38.8 Å².